The Morgan fingerprint density at radius 1 is 1.50 bits per heavy atom. The van der Waals surface area contributed by atoms with Crippen LogP contribution in [0.3, 0.4) is 0 Å². The quantitative estimate of drug-likeness (QED) is 0.748. The lowest BCUT2D eigenvalue weighted by Gasteiger charge is -2.10. The molecule has 1 atom stereocenters. The maximum Gasteiger partial charge on any atom is 0.231 e. The highest BCUT2D eigenvalue weighted by molar-refractivity contribution is 5.56. The van der Waals surface area contributed by atoms with Crippen LogP contribution in [0.5, 0.6) is 17.2 Å². The van der Waals surface area contributed by atoms with E-state index >= 15 is 0 Å². The van der Waals surface area contributed by atoms with Gasteiger partial charge in [-0.2, -0.15) is 0 Å². The maximum atomic E-state index is 12.3. The third-order valence-electron chi connectivity index (χ3n) is 2.11. The van der Waals surface area contributed by atoms with Crippen molar-refractivity contribution in [3.8, 4) is 17.2 Å². The molecule has 0 aromatic heterocycles. The number of rotatable bonds is 2. The van der Waals surface area contributed by atoms with Crippen molar-refractivity contribution in [3.05, 3.63) is 17.7 Å². The first kappa shape index (κ1) is 9.08. The van der Waals surface area contributed by atoms with Gasteiger partial charge in [-0.1, -0.05) is 0 Å². The summed E-state index contributed by atoms with van der Waals surface area (Å²) in [6.07, 6.45) is 0. The zero-order valence-corrected chi connectivity index (χ0v) is 7.37. The minimum Gasteiger partial charge on any atom is -0.504 e. The minimum absolute atomic E-state index is 0.0667. The topological polar surface area (TPSA) is 64.7 Å². The fraction of sp³-hybridized carbons (Fsp3) is 0.333. The van der Waals surface area contributed by atoms with Gasteiger partial charge in [0.2, 0.25) is 12.5 Å². The summed E-state index contributed by atoms with van der Waals surface area (Å²) >= 11 is 0. The Labute approximate surface area is 80.0 Å². The first-order valence-electron chi connectivity index (χ1n) is 4.17. The molecule has 3 N–H and O–H groups in total. The highest BCUT2D eigenvalue weighted by Crippen LogP contribution is 2.43. The Hall–Kier alpha value is -1.49. The molecule has 76 valence electrons. The van der Waals surface area contributed by atoms with Crippen molar-refractivity contribution >= 4 is 0 Å². The summed E-state index contributed by atoms with van der Waals surface area (Å²) < 4.78 is 22.3. The molecule has 1 aromatic carbocycles. The van der Waals surface area contributed by atoms with Crippen molar-refractivity contribution in [1.82, 2.24) is 0 Å². The number of phenolic OH excluding ortho intramolecular Hbond substituents is 1. The number of benzene rings is 1. The summed E-state index contributed by atoms with van der Waals surface area (Å²) in [6, 6.07) is 2.31. The average molecular weight is 199 g/mol. The standard InChI is InChI=1S/C9H10FNO3/c10-3-6(11)5-1-2-7-9(8(5)12)14-4-13-7/h1-2,6,12H,3-4,11H2. The molecule has 0 fully saturated rings. The molecule has 0 radical (unpaired) electrons. The monoisotopic (exact) mass is 199 g/mol. The summed E-state index contributed by atoms with van der Waals surface area (Å²) in [5.74, 6) is 0.564. The SMILES string of the molecule is NC(CF)c1ccc2c(c1O)OCO2. The molecular weight excluding hydrogens is 189 g/mol. The van der Waals surface area contributed by atoms with E-state index in [4.69, 9.17) is 15.2 Å². The third kappa shape index (κ3) is 1.26. The van der Waals surface area contributed by atoms with Crippen LogP contribution in [0.15, 0.2) is 12.1 Å². The van der Waals surface area contributed by atoms with Crippen LogP contribution in [0.25, 0.3) is 0 Å². The summed E-state index contributed by atoms with van der Waals surface area (Å²) in [6.45, 7) is -0.662. The second-order valence-corrected chi connectivity index (χ2v) is 3.00. The van der Waals surface area contributed by atoms with E-state index in [0.29, 0.717) is 11.3 Å². The number of alkyl halides is 1. The minimum atomic E-state index is -0.829. The average Bonchev–Trinajstić information content (AvgIpc) is 2.66. The Bertz CT molecular complexity index is 356. The molecule has 1 heterocycles. The molecule has 0 saturated heterocycles. The Balaban J connectivity index is 2.44. The molecular formula is C9H10FNO3. The molecule has 4 nitrogen and oxygen atoms in total. The van der Waals surface area contributed by atoms with E-state index in [2.05, 4.69) is 0 Å². The normalized spacial score (nSPS) is 15.6. The van der Waals surface area contributed by atoms with Gasteiger partial charge in [0.1, 0.15) is 6.67 Å². The van der Waals surface area contributed by atoms with Gasteiger partial charge < -0.3 is 20.3 Å². The number of halogens is 1. The zero-order chi connectivity index (χ0) is 10.1. The molecule has 0 amide bonds. The number of phenols is 1. The Kier molecular flexibility index (Phi) is 2.17. The largest absolute Gasteiger partial charge is 0.504 e. The fourth-order valence-corrected chi connectivity index (χ4v) is 1.36. The van der Waals surface area contributed by atoms with Crippen molar-refractivity contribution in [1.29, 1.82) is 0 Å². The van der Waals surface area contributed by atoms with Gasteiger partial charge in [-0.05, 0) is 12.1 Å². The second kappa shape index (κ2) is 3.34. The van der Waals surface area contributed by atoms with Crippen LogP contribution in [-0.4, -0.2) is 18.6 Å². The van der Waals surface area contributed by atoms with Crippen molar-refractivity contribution in [3.63, 3.8) is 0 Å². The zero-order valence-electron chi connectivity index (χ0n) is 7.37. The van der Waals surface area contributed by atoms with E-state index < -0.39 is 12.7 Å². The molecule has 0 bridgehead atoms. The first-order valence-corrected chi connectivity index (χ1v) is 4.17. The first-order chi connectivity index (χ1) is 6.74. The molecule has 14 heavy (non-hydrogen) atoms. The molecule has 5 heteroatoms. The van der Waals surface area contributed by atoms with Crippen LogP contribution in [0.2, 0.25) is 0 Å². The third-order valence-corrected chi connectivity index (χ3v) is 2.11. The van der Waals surface area contributed by atoms with E-state index in [0.717, 1.165) is 0 Å². The lowest BCUT2D eigenvalue weighted by Crippen LogP contribution is -2.12. The molecule has 0 aliphatic carbocycles. The molecule has 1 aromatic rings. The van der Waals surface area contributed by atoms with Gasteiger partial charge in [0.25, 0.3) is 0 Å². The second-order valence-electron chi connectivity index (χ2n) is 3.00. The Morgan fingerprint density at radius 2 is 2.29 bits per heavy atom. The lowest BCUT2D eigenvalue weighted by molar-refractivity contribution is 0.171. The molecule has 0 saturated carbocycles. The van der Waals surface area contributed by atoms with E-state index in [1.165, 1.54) is 6.07 Å². The van der Waals surface area contributed by atoms with E-state index in [9.17, 15) is 9.50 Å². The van der Waals surface area contributed by atoms with Crippen LogP contribution in [0.1, 0.15) is 11.6 Å². The van der Waals surface area contributed by atoms with Crippen LogP contribution in [0, 0.1) is 0 Å². The van der Waals surface area contributed by atoms with Crippen molar-refractivity contribution in [2.75, 3.05) is 13.5 Å². The van der Waals surface area contributed by atoms with Crippen LogP contribution in [0.4, 0.5) is 4.39 Å². The summed E-state index contributed by atoms with van der Waals surface area (Å²) in [5, 5.41) is 9.66. The summed E-state index contributed by atoms with van der Waals surface area (Å²) in [4.78, 5) is 0. The highest BCUT2D eigenvalue weighted by Gasteiger charge is 2.22. The Morgan fingerprint density at radius 3 is 3.00 bits per heavy atom. The molecule has 0 spiro atoms. The number of aromatic hydroxyl groups is 1. The van der Waals surface area contributed by atoms with Gasteiger partial charge in [0.05, 0.1) is 6.04 Å². The number of ether oxygens (including phenoxy) is 2. The van der Waals surface area contributed by atoms with Gasteiger partial charge in [-0.25, -0.2) is 4.39 Å². The summed E-state index contributed by atoms with van der Waals surface area (Å²) in [5.41, 5.74) is 5.79. The van der Waals surface area contributed by atoms with Crippen molar-refractivity contribution in [2.24, 2.45) is 5.73 Å². The van der Waals surface area contributed by atoms with Crippen molar-refractivity contribution in [2.45, 2.75) is 6.04 Å². The van der Waals surface area contributed by atoms with Gasteiger partial charge in [-0.3, -0.25) is 0 Å². The molecule has 1 aliphatic rings. The molecule has 1 aliphatic heterocycles. The number of fused-ring (bicyclic) bond motifs is 1. The van der Waals surface area contributed by atoms with Crippen LogP contribution < -0.4 is 15.2 Å². The highest BCUT2D eigenvalue weighted by atomic mass is 19.1. The fourth-order valence-electron chi connectivity index (χ4n) is 1.36. The lowest BCUT2D eigenvalue weighted by atomic mass is 10.1. The smallest absolute Gasteiger partial charge is 0.231 e. The predicted octanol–water partition coefficient (Wildman–Crippen LogP) is 1.09. The maximum absolute atomic E-state index is 12.3. The molecule has 1 unspecified atom stereocenters. The summed E-state index contributed by atoms with van der Waals surface area (Å²) in [7, 11) is 0. The van der Waals surface area contributed by atoms with E-state index in [-0.39, 0.29) is 18.3 Å². The van der Waals surface area contributed by atoms with E-state index in [1.807, 2.05) is 0 Å². The predicted molar refractivity (Wildman–Crippen MR) is 47.1 cm³/mol. The number of nitrogens with two attached hydrogens (primary N) is 1. The van der Waals surface area contributed by atoms with E-state index in [1.54, 1.807) is 6.07 Å². The van der Waals surface area contributed by atoms with Crippen LogP contribution in [-0.2, 0) is 0 Å². The van der Waals surface area contributed by atoms with Gasteiger partial charge >= 0.3 is 0 Å². The van der Waals surface area contributed by atoms with Gasteiger partial charge in [0.15, 0.2) is 11.5 Å². The van der Waals surface area contributed by atoms with Crippen molar-refractivity contribution < 1.29 is 19.0 Å². The van der Waals surface area contributed by atoms with Gasteiger partial charge in [-0.15, -0.1) is 0 Å². The molecule has 2 rings (SSSR count). The van der Waals surface area contributed by atoms with Gasteiger partial charge in [0, 0.05) is 5.56 Å². The number of hydrogen-bond acceptors (Lipinski definition) is 4. The number of hydrogen-bond donors (Lipinski definition) is 2. The van der Waals surface area contributed by atoms with Crippen LogP contribution >= 0.6 is 0 Å².